The molecule has 0 saturated carbocycles. The minimum atomic E-state index is 0.273. The molecule has 0 heterocycles. The summed E-state index contributed by atoms with van der Waals surface area (Å²) in [5.74, 6) is 0. The fourth-order valence-corrected chi connectivity index (χ4v) is 3.37. The summed E-state index contributed by atoms with van der Waals surface area (Å²) in [5, 5.41) is 1.33. The molecule has 0 N–H and O–H groups in total. The van der Waals surface area contributed by atoms with Gasteiger partial charge in [0, 0.05) is 12.8 Å². The van der Waals surface area contributed by atoms with E-state index in [1.807, 2.05) is 18.2 Å². The van der Waals surface area contributed by atoms with E-state index in [2.05, 4.69) is 68.9 Å². The molecule has 0 bridgehead atoms. The van der Waals surface area contributed by atoms with Gasteiger partial charge in [-0.3, -0.25) is 0 Å². The van der Waals surface area contributed by atoms with Gasteiger partial charge in [-0.2, -0.15) is 0 Å². The van der Waals surface area contributed by atoms with Gasteiger partial charge in [0.2, 0.25) is 0 Å². The smallest absolute Gasteiger partial charge is 0.114 e. The van der Waals surface area contributed by atoms with Crippen molar-refractivity contribution >= 4 is 20.3 Å². The van der Waals surface area contributed by atoms with Gasteiger partial charge in [-0.1, -0.05) is 66.4 Å². The monoisotopic (exact) mass is 323 g/mol. The van der Waals surface area contributed by atoms with Crippen LogP contribution in [0.1, 0.15) is 18.1 Å². The molecule has 120 valence electrons. The van der Waals surface area contributed by atoms with Crippen molar-refractivity contribution in [1.82, 2.24) is 4.90 Å². The Hall–Kier alpha value is -1.68. The van der Waals surface area contributed by atoms with E-state index >= 15 is 0 Å². The first-order chi connectivity index (χ1) is 11.1. The highest BCUT2D eigenvalue weighted by Crippen LogP contribution is 2.20. The predicted molar refractivity (Wildman–Crippen MR) is 100 cm³/mol. The minimum absolute atomic E-state index is 0.273. The molecule has 0 aromatic heterocycles. The summed E-state index contributed by atoms with van der Waals surface area (Å²) in [6.07, 6.45) is 1.06. The average molecular weight is 324 g/mol. The second-order valence-corrected chi connectivity index (χ2v) is 7.20. The summed E-state index contributed by atoms with van der Waals surface area (Å²) in [7, 11) is 4.82. The number of benzene rings is 2. The number of hydrogen-bond acceptors (Lipinski definition) is 2. The van der Waals surface area contributed by atoms with E-state index in [1.165, 1.54) is 16.3 Å². The van der Waals surface area contributed by atoms with Crippen molar-refractivity contribution in [2.75, 3.05) is 26.9 Å². The molecule has 0 spiro atoms. The van der Waals surface area contributed by atoms with Crippen molar-refractivity contribution in [3.05, 3.63) is 72.3 Å². The van der Waals surface area contributed by atoms with Gasteiger partial charge in [-0.15, -0.1) is 0 Å². The standard InChI is InChI=1S/C20H25NOSi/c1-16(14-21(3)4)22-15-23-20-12-10-19(11-13-20)17(2)18-8-6-5-7-9-18/h5-13,16H,2,14-15H2,1,3-4H3. The molecule has 0 fully saturated rings. The SMILES string of the molecule is C=C(c1ccccc1)c1ccc([Si]COC(C)CN(C)C)cc1. The third-order valence-corrected chi connectivity index (χ3v) is 4.67. The molecule has 1 atom stereocenters. The van der Waals surface area contributed by atoms with Crippen LogP contribution in [0, 0.1) is 0 Å². The molecule has 2 aromatic rings. The topological polar surface area (TPSA) is 12.5 Å². The second kappa shape index (κ2) is 8.82. The fraction of sp³-hybridized carbons (Fsp3) is 0.300. The molecule has 0 saturated heterocycles. The van der Waals surface area contributed by atoms with Crippen LogP contribution >= 0.6 is 0 Å². The molecule has 2 nitrogen and oxygen atoms in total. The van der Waals surface area contributed by atoms with Crippen LogP contribution in [0.25, 0.3) is 5.57 Å². The van der Waals surface area contributed by atoms with Gasteiger partial charge >= 0.3 is 0 Å². The molecule has 0 amide bonds. The first-order valence-electron chi connectivity index (χ1n) is 7.91. The van der Waals surface area contributed by atoms with Gasteiger partial charge in [0.1, 0.15) is 9.52 Å². The lowest BCUT2D eigenvalue weighted by atomic mass is 10.00. The number of rotatable bonds is 8. The number of ether oxygens (including phenoxy) is 1. The quantitative estimate of drug-likeness (QED) is 0.693. The Morgan fingerprint density at radius 1 is 1.04 bits per heavy atom. The highest BCUT2D eigenvalue weighted by Gasteiger charge is 2.05. The molecule has 0 aliphatic heterocycles. The first kappa shape index (κ1) is 17.7. The van der Waals surface area contributed by atoms with Gasteiger partial charge in [0.15, 0.2) is 0 Å². The number of hydrogen-bond donors (Lipinski definition) is 0. The molecular weight excluding hydrogens is 298 g/mol. The lowest BCUT2D eigenvalue weighted by Crippen LogP contribution is -2.29. The lowest BCUT2D eigenvalue weighted by Gasteiger charge is -2.17. The lowest BCUT2D eigenvalue weighted by molar-refractivity contribution is 0.0782. The van der Waals surface area contributed by atoms with Crippen LogP contribution in [0.5, 0.6) is 0 Å². The van der Waals surface area contributed by atoms with E-state index in [0.717, 1.165) is 18.3 Å². The fourth-order valence-electron chi connectivity index (χ4n) is 2.43. The van der Waals surface area contributed by atoms with Crippen LogP contribution in [0.15, 0.2) is 61.2 Å². The van der Waals surface area contributed by atoms with Crippen LogP contribution in [0.2, 0.25) is 0 Å². The van der Waals surface area contributed by atoms with Crippen molar-refractivity contribution in [3.8, 4) is 0 Å². The predicted octanol–water partition coefficient (Wildman–Crippen LogP) is 3.00. The molecule has 1 unspecified atom stereocenters. The Bertz CT molecular complexity index is 607. The van der Waals surface area contributed by atoms with E-state index < -0.39 is 0 Å². The van der Waals surface area contributed by atoms with Gasteiger partial charge in [0.25, 0.3) is 0 Å². The minimum Gasteiger partial charge on any atom is -0.381 e. The average Bonchev–Trinajstić information content (AvgIpc) is 2.55. The summed E-state index contributed by atoms with van der Waals surface area (Å²) in [4.78, 5) is 2.15. The number of likely N-dealkylation sites (N-methyl/N-ethyl adjacent to an activating group) is 1. The van der Waals surface area contributed by atoms with Crippen LogP contribution < -0.4 is 5.19 Å². The molecule has 0 aliphatic carbocycles. The molecular formula is C20H25NOSi. The van der Waals surface area contributed by atoms with Gasteiger partial charge < -0.3 is 9.64 Å². The van der Waals surface area contributed by atoms with Gasteiger partial charge in [-0.05, 0) is 37.7 Å². The Labute approximate surface area is 142 Å². The Kier molecular flexibility index (Phi) is 6.78. The summed E-state index contributed by atoms with van der Waals surface area (Å²) in [6, 6.07) is 19.0. The third kappa shape index (κ3) is 5.79. The summed E-state index contributed by atoms with van der Waals surface area (Å²) < 4.78 is 5.86. The van der Waals surface area contributed by atoms with E-state index in [1.54, 1.807) is 0 Å². The molecule has 2 aromatic carbocycles. The second-order valence-electron chi connectivity index (χ2n) is 5.98. The Morgan fingerprint density at radius 3 is 2.26 bits per heavy atom. The molecule has 2 radical (unpaired) electrons. The zero-order valence-electron chi connectivity index (χ0n) is 14.3. The van der Waals surface area contributed by atoms with Crippen molar-refractivity contribution in [1.29, 1.82) is 0 Å². The summed E-state index contributed by atoms with van der Waals surface area (Å²) in [5.41, 5.74) is 3.41. The zero-order chi connectivity index (χ0) is 16.7. The van der Waals surface area contributed by atoms with Crippen molar-refractivity contribution in [2.24, 2.45) is 0 Å². The largest absolute Gasteiger partial charge is 0.381 e. The maximum Gasteiger partial charge on any atom is 0.114 e. The van der Waals surface area contributed by atoms with Crippen LogP contribution in [0.3, 0.4) is 0 Å². The van der Waals surface area contributed by atoms with E-state index in [-0.39, 0.29) is 6.10 Å². The van der Waals surface area contributed by atoms with Crippen molar-refractivity contribution in [2.45, 2.75) is 13.0 Å². The van der Waals surface area contributed by atoms with Crippen molar-refractivity contribution < 1.29 is 4.74 Å². The van der Waals surface area contributed by atoms with Crippen LogP contribution in [0.4, 0.5) is 0 Å². The zero-order valence-corrected chi connectivity index (χ0v) is 15.3. The highest BCUT2D eigenvalue weighted by molar-refractivity contribution is 6.53. The van der Waals surface area contributed by atoms with Gasteiger partial charge in [0.05, 0.1) is 6.10 Å². The van der Waals surface area contributed by atoms with E-state index in [9.17, 15) is 0 Å². The maximum atomic E-state index is 5.86. The van der Waals surface area contributed by atoms with Crippen LogP contribution in [-0.4, -0.2) is 47.4 Å². The number of nitrogens with zero attached hydrogens (tertiary/aromatic N) is 1. The molecule has 23 heavy (non-hydrogen) atoms. The summed E-state index contributed by atoms with van der Waals surface area (Å²) in [6.45, 7) is 7.29. The maximum absolute atomic E-state index is 5.86. The van der Waals surface area contributed by atoms with E-state index in [0.29, 0.717) is 9.52 Å². The Morgan fingerprint density at radius 2 is 1.65 bits per heavy atom. The third-order valence-electron chi connectivity index (χ3n) is 3.62. The summed E-state index contributed by atoms with van der Waals surface area (Å²) >= 11 is 0. The molecule has 2 rings (SSSR count). The normalized spacial score (nSPS) is 12.3. The highest BCUT2D eigenvalue weighted by atomic mass is 28.2. The first-order valence-corrected chi connectivity index (χ1v) is 9.12. The Balaban J connectivity index is 1.86. The van der Waals surface area contributed by atoms with Crippen LogP contribution in [-0.2, 0) is 4.74 Å². The van der Waals surface area contributed by atoms with Gasteiger partial charge in [-0.25, -0.2) is 0 Å². The molecule has 0 aliphatic rings. The molecule has 3 heteroatoms. The van der Waals surface area contributed by atoms with E-state index in [4.69, 9.17) is 4.74 Å². The van der Waals surface area contributed by atoms with Crippen molar-refractivity contribution in [3.63, 3.8) is 0 Å².